The Hall–Kier alpha value is -2.08. The minimum atomic E-state index is -4.32. The Morgan fingerprint density at radius 3 is 2.67 bits per heavy atom. The van der Waals surface area contributed by atoms with Crippen LogP contribution in [0.2, 0.25) is 0 Å². The van der Waals surface area contributed by atoms with Gasteiger partial charge < -0.3 is 10.1 Å². The first-order valence-corrected chi connectivity index (χ1v) is 6.35. The molecule has 0 unspecified atom stereocenters. The van der Waals surface area contributed by atoms with E-state index in [-0.39, 0.29) is 0 Å². The third-order valence-corrected chi connectivity index (χ3v) is 2.94. The van der Waals surface area contributed by atoms with Crippen molar-refractivity contribution in [3.63, 3.8) is 0 Å². The monoisotopic (exact) mass is 296 g/mol. The number of alkyl halides is 3. The molecule has 2 aromatic rings. The summed E-state index contributed by atoms with van der Waals surface area (Å²) in [5.41, 5.74) is 0.792. The first-order chi connectivity index (χ1) is 10.0. The number of pyridine rings is 1. The molecule has 1 heterocycles. The summed E-state index contributed by atoms with van der Waals surface area (Å²) in [5.74, 6) is 0.508. The van der Waals surface area contributed by atoms with Crippen LogP contribution < -0.4 is 10.1 Å². The van der Waals surface area contributed by atoms with Crippen molar-refractivity contribution in [1.82, 2.24) is 10.3 Å². The van der Waals surface area contributed by atoms with E-state index in [1.54, 1.807) is 18.3 Å². The second-order valence-electron chi connectivity index (χ2n) is 4.47. The first kappa shape index (κ1) is 15.3. The Balaban J connectivity index is 1.98. The van der Waals surface area contributed by atoms with E-state index >= 15 is 0 Å². The van der Waals surface area contributed by atoms with Crippen LogP contribution in [0.5, 0.6) is 5.88 Å². The Morgan fingerprint density at radius 2 is 1.95 bits per heavy atom. The summed E-state index contributed by atoms with van der Waals surface area (Å²) in [6, 6.07) is 8.91. The molecule has 6 heteroatoms. The van der Waals surface area contributed by atoms with Crippen LogP contribution in [0.25, 0.3) is 0 Å². The lowest BCUT2D eigenvalue weighted by Gasteiger charge is -2.10. The van der Waals surface area contributed by atoms with Gasteiger partial charge in [0.05, 0.1) is 12.7 Å². The zero-order valence-corrected chi connectivity index (χ0v) is 11.4. The van der Waals surface area contributed by atoms with Gasteiger partial charge in [0.25, 0.3) is 0 Å². The van der Waals surface area contributed by atoms with Crippen LogP contribution in [0.1, 0.15) is 16.7 Å². The van der Waals surface area contributed by atoms with Crippen molar-refractivity contribution in [3.05, 3.63) is 59.3 Å². The number of hydrogen-bond donors (Lipinski definition) is 1. The number of hydrogen-bond acceptors (Lipinski definition) is 3. The fourth-order valence-electron chi connectivity index (χ4n) is 1.94. The predicted molar refractivity (Wildman–Crippen MR) is 72.8 cm³/mol. The van der Waals surface area contributed by atoms with Crippen LogP contribution in [0.4, 0.5) is 13.2 Å². The second-order valence-corrected chi connectivity index (χ2v) is 4.47. The lowest BCUT2D eigenvalue weighted by Crippen LogP contribution is -2.14. The standard InChI is InChI=1S/C15H15F3N2O/c1-21-14-12(5-3-7-20-14)10-19-9-11-4-2-6-13(8-11)15(16,17)18/h2-8,19H,9-10H2,1H3. The number of halogens is 3. The van der Waals surface area contributed by atoms with Crippen LogP contribution in [-0.4, -0.2) is 12.1 Å². The van der Waals surface area contributed by atoms with Gasteiger partial charge in [0.15, 0.2) is 0 Å². The molecule has 0 fully saturated rings. The van der Waals surface area contributed by atoms with E-state index in [9.17, 15) is 13.2 Å². The molecule has 1 aromatic carbocycles. The van der Waals surface area contributed by atoms with E-state index in [4.69, 9.17) is 4.74 Å². The van der Waals surface area contributed by atoms with E-state index in [2.05, 4.69) is 10.3 Å². The molecule has 1 aromatic heterocycles. The molecule has 0 spiro atoms. The SMILES string of the molecule is COc1ncccc1CNCc1cccc(C(F)(F)F)c1. The maximum Gasteiger partial charge on any atom is 0.416 e. The molecule has 0 aliphatic rings. The molecule has 0 amide bonds. The van der Waals surface area contributed by atoms with E-state index < -0.39 is 11.7 Å². The van der Waals surface area contributed by atoms with E-state index in [1.807, 2.05) is 6.07 Å². The average Bonchev–Trinajstić information content (AvgIpc) is 2.47. The Morgan fingerprint density at radius 1 is 1.14 bits per heavy atom. The topological polar surface area (TPSA) is 34.1 Å². The summed E-state index contributed by atoms with van der Waals surface area (Å²) in [4.78, 5) is 4.06. The molecule has 112 valence electrons. The maximum absolute atomic E-state index is 12.6. The molecule has 2 rings (SSSR count). The number of ether oxygens (including phenoxy) is 1. The second kappa shape index (κ2) is 6.58. The van der Waals surface area contributed by atoms with Gasteiger partial charge in [-0.2, -0.15) is 13.2 Å². The summed E-state index contributed by atoms with van der Waals surface area (Å²) in [6.07, 6.45) is -2.70. The largest absolute Gasteiger partial charge is 0.481 e. The summed E-state index contributed by atoms with van der Waals surface area (Å²) < 4.78 is 42.9. The zero-order valence-electron chi connectivity index (χ0n) is 11.4. The normalized spacial score (nSPS) is 11.4. The molecule has 0 radical (unpaired) electrons. The molecular weight excluding hydrogens is 281 g/mol. The fraction of sp³-hybridized carbons (Fsp3) is 0.267. The van der Waals surface area contributed by atoms with Crippen LogP contribution in [0.15, 0.2) is 42.6 Å². The minimum absolute atomic E-state index is 0.335. The van der Waals surface area contributed by atoms with Crippen LogP contribution in [0, 0.1) is 0 Å². The predicted octanol–water partition coefficient (Wildman–Crippen LogP) is 3.40. The van der Waals surface area contributed by atoms with Crippen molar-refractivity contribution in [2.45, 2.75) is 19.3 Å². The zero-order chi connectivity index (χ0) is 15.3. The quantitative estimate of drug-likeness (QED) is 0.918. The number of methoxy groups -OCH3 is 1. The molecule has 0 saturated heterocycles. The summed E-state index contributed by atoms with van der Waals surface area (Å²) in [5, 5.41) is 3.08. The van der Waals surface area contributed by atoms with Gasteiger partial charge in [-0.25, -0.2) is 4.98 Å². The molecule has 0 aliphatic heterocycles. The Kier molecular flexibility index (Phi) is 4.80. The molecule has 0 saturated carbocycles. The van der Waals surface area contributed by atoms with Gasteiger partial charge in [-0.3, -0.25) is 0 Å². The summed E-state index contributed by atoms with van der Waals surface area (Å²) in [7, 11) is 1.53. The third kappa shape index (κ3) is 4.19. The molecular formula is C15H15F3N2O. The molecule has 0 atom stereocenters. The molecule has 0 bridgehead atoms. The van der Waals surface area contributed by atoms with Crippen LogP contribution in [0.3, 0.4) is 0 Å². The van der Waals surface area contributed by atoms with Crippen molar-refractivity contribution in [2.75, 3.05) is 7.11 Å². The minimum Gasteiger partial charge on any atom is -0.481 e. The average molecular weight is 296 g/mol. The highest BCUT2D eigenvalue weighted by molar-refractivity contribution is 5.27. The van der Waals surface area contributed by atoms with Crippen molar-refractivity contribution in [3.8, 4) is 5.88 Å². The summed E-state index contributed by atoms with van der Waals surface area (Å²) in [6.45, 7) is 0.801. The van der Waals surface area contributed by atoms with Gasteiger partial charge in [-0.05, 0) is 17.7 Å². The van der Waals surface area contributed by atoms with E-state index in [0.29, 0.717) is 24.5 Å². The maximum atomic E-state index is 12.6. The van der Waals surface area contributed by atoms with Crippen molar-refractivity contribution in [1.29, 1.82) is 0 Å². The third-order valence-electron chi connectivity index (χ3n) is 2.94. The number of aromatic nitrogens is 1. The number of benzene rings is 1. The lowest BCUT2D eigenvalue weighted by atomic mass is 10.1. The highest BCUT2D eigenvalue weighted by atomic mass is 19.4. The highest BCUT2D eigenvalue weighted by Gasteiger charge is 2.30. The Labute approximate surface area is 120 Å². The Bertz CT molecular complexity index is 599. The van der Waals surface area contributed by atoms with Gasteiger partial charge in [0.1, 0.15) is 0 Å². The smallest absolute Gasteiger partial charge is 0.416 e. The van der Waals surface area contributed by atoms with Gasteiger partial charge in [0.2, 0.25) is 5.88 Å². The van der Waals surface area contributed by atoms with Gasteiger partial charge >= 0.3 is 6.18 Å². The number of nitrogens with zero attached hydrogens (tertiary/aromatic N) is 1. The first-order valence-electron chi connectivity index (χ1n) is 6.35. The van der Waals surface area contributed by atoms with Crippen molar-refractivity contribution >= 4 is 0 Å². The van der Waals surface area contributed by atoms with Gasteiger partial charge in [0, 0.05) is 24.8 Å². The van der Waals surface area contributed by atoms with Crippen LogP contribution in [-0.2, 0) is 19.3 Å². The fourth-order valence-corrected chi connectivity index (χ4v) is 1.94. The van der Waals surface area contributed by atoms with Gasteiger partial charge in [-0.1, -0.05) is 24.3 Å². The molecule has 1 N–H and O–H groups in total. The van der Waals surface area contributed by atoms with Crippen molar-refractivity contribution in [2.24, 2.45) is 0 Å². The molecule has 21 heavy (non-hydrogen) atoms. The van der Waals surface area contributed by atoms with Crippen molar-refractivity contribution < 1.29 is 17.9 Å². The highest BCUT2D eigenvalue weighted by Crippen LogP contribution is 2.29. The molecule has 0 aliphatic carbocycles. The summed E-state index contributed by atoms with van der Waals surface area (Å²) >= 11 is 0. The molecule has 3 nitrogen and oxygen atoms in total. The van der Waals surface area contributed by atoms with E-state index in [1.165, 1.54) is 13.2 Å². The number of rotatable bonds is 5. The number of nitrogens with one attached hydrogen (secondary N) is 1. The van der Waals surface area contributed by atoms with Crippen LogP contribution >= 0.6 is 0 Å². The van der Waals surface area contributed by atoms with Gasteiger partial charge in [-0.15, -0.1) is 0 Å². The lowest BCUT2D eigenvalue weighted by molar-refractivity contribution is -0.137. The van der Waals surface area contributed by atoms with E-state index in [0.717, 1.165) is 17.7 Å².